The summed E-state index contributed by atoms with van der Waals surface area (Å²) in [5.74, 6) is 1.56. The van der Waals surface area contributed by atoms with Gasteiger partial charge in [0.05, 0.1) is 11.6 Å². The van der Waals surface area contributed by atoms with E-state index in [9.17, 15) is 0 Å². The first-order chi connectivity index (χ1) is 9.79. The number of nitrogens with zero attached hydrogens (tertiary/aromatic N) is 5. The van der Waals surface area contributed by atoms with Gasteiger partial charge in [-0.15, -0.1) is 0 Å². The lowest BCUT2D eigenvalue weighted by molar-refractivity contribution is 0.760. The lowest BCUT2D eigenvalue weighted by atomic mass is 10.2. The van der Waals surface area contributed by atoms with E-state index in [-0.39, 0.29) is 0 Å². The van der Waals surface area contributed by atoms with E-state index in [2.05, 4.69) is 39.2 Å². The smallest absolute Gasteiger partial charge is 0.170 e. The van der Waals surface area contributed by atoms with Crippen LogP contribution >= 0.6 is 0 Å². The molecule has 1 N–H and O–H groups in total. The van der Waals surface area contributed by atoms with Crippen LogP contribution in [0.15, 0.2) is 36.9 Å². The van der Waals surface area contributed by atoms with Crippen LogP contribution in [0.25, 0.3) is 16.9 Å². The summed E-state index contributed by atoms with van der Waals surface area (Å²) in [5.41, 5.74) is 0.754. The molecule has 20 heavy (non-hydrogen) atoms. The van der Waals surface area contributed by atoms with E-state index in [0.717, 1.165) is 29.1 Å². The summed E-state index contributed by atoms with van der Waals surface area (Å²) in [4.78, 5) is 12.9. The molecular weight excluding hydrogens is 252 g/mol. The fourth-order valence-electron chi connectivity index (χ4n) is 1.94. The summed E-state index contributed by atoms with van der Waals surface area (Å²) in [6.07, 6.45) is 6.09. The summed E-state index contributed by atoms with van der Waals surface area (Å²) < 4.78 is 1.72. The van der Waals surface area contributed by atoms with E-state index >= 15 is 0 Å². The van der Waals surface area contributed by atoms with Crippen molar-refractivity contribution in [1.29, 1.82) is 0 Å². The van der Waals surface area contributed by atoms with Crippen molar-refractivity contribution in [3.8, 4) is 5.82 Å². The predicted octanol–water partition coefficient (Wildman–Crippen LogP) is 2.42. The summed E-state index contributed by atoms with van der Waals surface area (Å²) in [6.45, 7) is 4.25. The molecule has 0 aromatic carbocycles. The minimum absolute atomic E-state index is 0.353. The van der Waals surface area contributed by atoms with E-state index in [0.29, 0.717) is 6.04 Å². The highest BCUT2D eigenvalue weighted by Gasteiger charge is 2.12. The van der Waals surface area contributed by atoms with Crippen molar-refractivity contribution in [2.24, 2.45) is 0 Å². The standard InChI is InChI=1S/C14H16N6/c1-3-10(2)19-13-11-8-18-20(14(11)17-9-16-13)12-6-4-5-7-15-12/h4-10H,3H2,1-2H3,(H,16,17,19). The van der Waals surface area contributed by atoms with Gasteiger partial charge in [-0.2, -0.15) is 9.78 Å². The molecule has 3 aromatic rings. The Labute approximate surface area is 116 Å². The van der Waals surface area contributed by atoms with Crippen LogP contribution in [0.3, 0.4) is 0 Å². The molecule has 0 spiro atoms. The van der Waals surface area contributed by atoms with E-state index in [4.69, 9.17) is 0 Å². The second-order valence-corrected chi connectivity index (χ2v) is 4.66. The lowest BCUT2D eigenvalue weighted by Gasteiger charge is -2.12. The maximum absolute atomic E-state index is 4.37. The van der Waals surface area contributed by atoms with Crippen LogP contribution in [-0.2, 0) is 0 Å². The van der Waals surface area contributed by atoms with Gasteiger partial charge in [-0.3, -0.25) is 0 Å². The fourth-order valence-corrected chi connectivity index (χ4v) is 1.94. The molecule has 0 saturated carbocycles. The maximum atomic E-state index is 4.37. The van der Waals surface area contributed by atoms with Gasteiger partial charge in [-0.1, -0.05) is 13.0 Å². The van der Waals surface area contributed by atoms with Crippen LogP contribution in [-0.4, -0.2) is 30.8 Å². The van der Waals surface area contributed by atoms with Crippen LogP contribution in [0.5, 0.6) is 0 Å². The van der Waals surface area contributed by atoms with Crippen molar-refractivity contribution in [2.75, 3.05) is 5.32 Å². The number of pyridine rings is 1. The van der Waals surface area contributed by atoms with Gasteiger partial charge in [-0.25, -0.2) is 15.0 Å². The van der Waals surface area contributed by atoms with E-state index in [1.54, 1.807) is 23.4 Å². The largest absolute Gasteiger partial charge is 0.367 e. The Morgan fingerprint density at radius 2 is 2.15 bits per heavy atom. The number of hydrogen-bond donors (Lipinski definition) is 1. The summed E-state index contributed by atoms with van der Waals surface area (Å²) >= 11 is 0. The second kappa shape index (κ2) is 5.24. The number of anilines is 1. The average molecular weight is 268 g/mol. The average Bonchev–Trinajstić information content (AvgIpc) is 2.93. The molecule has 0 saturated heterocycles. The Morgan fingerprint density at radius 3 is 2.90 bits per heavy atom. The topological polar surface area (TPSA) is 68.5 Å². The number of hydrogen-bond acceptors (Lipinski definition) is 5. The summed E-state index contributed by atoms with van der Waals surface area (Å²) in [5, 5.41) is 8.65. The Hall–Kier alpha value is -2.50. The third-order valence-electron chi connectivity index (χ3n) is 3.23. The molecule has 1 unspecified atom stereocenters. The summed E-state index contributed by atoms with van der Waals surface area (Å²) in [7, 11) is 0. The highest BCUT2D eigenvalue weighted by atomic mass is 15.3. The normalized spacial score (nSPS) is 12.5. The highest BCUT2D eigenvalue weighted by Crippen LogP contribution is 2.21. The molecule has 0 aliphatic rings. The molecular formula is C14H16N6. The zero-order valence-corrected chi connectivity index (χ0v) is 11.5. The molecule has 3 rings (SSSR count). The highest BCUT2D eigenvalue weighted by molar-refractivity contribution is 5.87. The molecule has 102 valence electrons. The molecule has 0 aliphatic carbocycles. The number of fused-ring (bicyclic) bond motifs is 1. The van der Waals surface area contributed by atoms with Gasteiger partial charge in [0.2, 0.25) is 0 Å². The van der Waals surface area contributed by atoms with Crippen molar-refractivity contribution in [2.45, 2.75) is 26.3 Å². The van der Waals surface area contributed by atoms with Crippen molar-refractivity contribution < 1.29 is 0 Å². The van der Waals surface area contributed by atoms with Crippen molar-refractivity contribution in [3.63, 3.8) is 0 Å². The van der Waals surface area contributed by atoms with Crippen LogP contribution in [0.2, 0.25) is 0 Å². The molecule has 6 heteroatoms. The van der Waals surface area contributed by atoms with E-state index < -0.39 is 0 Å². The van der Waals surface area contributed by atoms with Crippen LogP contribution in [0, 0.1) is 0 Å². The molecule has 1 atom stereocenters. The first kappa shape index (κ1) is 12.5. The monoisotopic (exact) mass is 268 g/mol. The molecule has 0 fully saturated rings. The van der Waals surface area contributed by atoms with Gasteiger partial charge in [0.1, 0.15) is 12.1 Å². The van der Waals surface area contributed by atoms with Gasteiger partial charge in [-0.05, 0) is 25.5 Å². The number of aromatic nitrogens is 5. The zero-order chi connectivity index (χ0) is 13.9. The SMILES string of the molecule is CCC(C)Nc1ncnc2c1cnn2-c1ccccn1. The first-order valence-corrected chi connectivity index (χ1v) is 6.66. The van der Waals surface area contributed by atoms with E-state index in [1.165, 1.54) is 0 Å². The lowest BCUT2D eigenvalue weighted by Crippen LogP contribution is -2.14. The third-order valence-corrected chi connectivity index (χ3v) is 3.23. The molecule has 6 nitrogen and oxygen atoms in total. The fraction of sp³-hybridized carbons (Fsp3) is 0.286. The van der Waals surface area contributed by atoms with Crippen molar-refractivity contribution in [1.82, 2.24) is 24.7 Å². The van der Waals surface area contributed by atoms with Gasteiger partial charge in [0.25, 0.3) is 0 Å². The van der Waals surface area contributed by atoms with Gasteiger partial charge < -0.3 is 5.32 Å². The van der Waals surface area contributed by atoms with Gasteiger partial charge in [0, 0.05) is 12.2 Å². The second-order valence-electron chi connectivity index (χ2n) is 4.66. The Kier molecular flexibility index (Phi) is 3.28. The van der Waals surface area contributed by atoms with Crippen LogP contribution in [0.1, 0.15) is 20.3 Å². The molecule has 0 radical (unpaired) electrons. The Balaban J connectivity index is 2.08. The van der Waals surface area contributed by atoms with Crippen molar-refractivity contribution in [3.05, 3.63) is 36.9 Å². The first-order valence-electron chi connectivity index (χ1n) is 6.66. The van der Waals surface area contributed by atoms with Gasteiger partial charge >= 0.3 is 0 Å². The third kappa shape index (κ3) is 2.20. The minimum Gasteiger partial charge on any atom is -0.367 e. The quantitative estimate of drug-likeness (QED) is 0.787. The molecule has 3 aromatic heterocycles. The molecule has 0 aliphatic heterocycles. The number of rotatable bonds is 4. The zero-order valence-electron chi connectivity index (χ0n) is 11.5. The maximum Gasteiger partial charge on any atom is 0.170 e. The van der Waals surface area contributed by atoms with Gasteiger partial charge in [0.15, 0.2) is 11.5 Å². The minimum atomic E-state index is 0.353. The predicted molar refractivity (Wildman–Crippen MR) is 77.8 cm³/mol. The molecule has 0 bridgehead atoms. The van der Waals surface area contributed by atoms with Crippen LogP contribution in [0.4, 0.5) is 5.82 Å². The van der Waals surface area contributed by atoms with Crippen LogP contribution < -0.4 is 5.32 Å². The Morgan fingerprint density at radius 1 is 1.25 bits per heavy atom. The molecule has 0 amide bonds. The Bertz CT molecular complexity index is 706. The number of nitrogens with one attached hydrogen (secondary N) is 1. The summed E-state index contributed by atoms with van der Waals surface area (Å²) in [6, 6.07) is 6.05. The van der Waals surface area contributed by atoms with Crippen molar-refractivity contribution >= 4 is 16.9 Å². The molecule has 3 heterocycles. The van der Waals surface area contributed by atoms with E-state index in [1.807, 2.05) is 18.2 Å².